The Morgan fingerprint density at radius 1 is 1.03 bits per heavy atom. The van der Waals surface area contributed by atoms with Gasteiger partial charge in [-0.15, -0.1) is 0 Å². The fraction of sp³-hybridized carbons (Fsp3) is 0.222. The van der Waals surface area contributed by atoms with Crippen LogP contribution in [0.3, 0.4) is 0 Å². The highest BCUT2D eigenvalue weighted by Crippen LogP contribution is 2.40. The van der Waals surface area contributed by atoms with Crippen LogP contribution in [0, 0.1) is 0 Å². The van der Waals surface area contributed by atoms with Crippen molar-refractivity contribution in [1.29, 1.82) is 0 Å². The third-order valence-electron chi connectivity index (χ3n) is 3.93. The lowest BCUT2D eigenvalue weighted by Gasteiger charge is -2.12. The first kappa shape index (κ1) is 20.9. The van der Waals surface area contributed by atoms with E-state index in [0.717, 1.165) is 0 Å². The minimum atomic E-state index is -3.75. The van der Waals surface area contributed by atoms with Gasteiger partial charge in [0.25, 0.3) is 0 Å². The number of benzene rings is 2. The monoisotopic (exact) mass is 439 g/mol. The predicted octanol–water partition coefficient (Wildman–Crippen LogP) is 2.89. The SMILES string of the molecule is COc1cc(-c2noc(CNS(=O)(=O)c3ccc(Cl)cc3)n2)cc(OC)c1OC. The molecule has 11 heteroatoms. The topological polar surface area (TPSA) is 113 Å². The van der Waals surface area contributed by atoms with Gasteiger partial charge < -0.3 is 18.7 Å². The molecule has 0 saturated heterocycles. The third-order valence-corrected chi connectivity index (χ3v) is 5.60. The zero-order valence-electron chi connectivity index (χ0n) is 15.8. The number of nitrogens with one attached hydrogen (secondary N) is 1. The highest BCUT2D eigenvalue weighted by Gasteiger charge is 2.19. The number of sulfonamides is 1. The van der Waals surface area contributed by atoms with E-state index in [1.807, 2.05) is 0 Å². The summed E-state index contributed by atoms with van der Waals surface area (Å²) >= 11 is 5.78. The molecule has 154 valence electrons. The molecule has 0 fully saturated rings. The maximum absolute atomic E-state index is 12.3. The smallest absolute Gasteiger partial charge is 0.242 e. The van der Waals surface area contributed by atoms with Crippen molar-refractivity contribution in [3.8, 4) is 28.6 Å². The molecule has 29 heavy (non-hydrogen) atoms. The van der Waals surface area contributed by atoms with Crippen LogP contribution in [0.2, 0.25) is 5.02 Å². The molecular weight excluding hydrogens is 422 g/mol. The van der Waals surface area contributed by atoms with Gasteiger partial charge >= 0.3 is 0 Å². The Morgan fingerprint density at radius 2 is 1.66 bits per heavy atom. The Labute approximate surface area is 172 Å². The number of aromatic nitrogens is 2. The highest BCUT2D eigenvalue weighted by atomic mass is 35.5. The van der Waals surface area contributed by atoms with Crippen molar-refractivity contribution in [2.24, 2.45) is 0 Å². The molecule has 1 N–H and O–H groups in total. The molecule has 0 aliphatic rings. The third kappa shape index (κ3) is 4.61. The first-order valence-electron chi connectivity index (χ1n) is 8.26. The normalized spacial score (nSPS) is 11.3. The Morgan fingerprint density at radius 3 is 2.21 bits per heavy atom. The summed E-state index contributed by atoms with van der Waals surface area (Å²) in [6.07, 6.45) is 0. The van der Waals surface area contributed by atoms with Crippen LogP contribution in [0.25, 0.3) is 11.4 Å². The van der Waals surface area contributed by atoms with Crippen molar-refractivity contribution in [3.63, 3.8) is 0 Å². The average Bonchev–Trinajstić information content (AvgIpc) is 3.20. The molecule has 0 aliphatic heterocycles. The molecule has 1 heterocycles. The first-order valence-corrected chi connectivity index (χ1v) is 10.1. The van der Waals surface area contributed by atoms with Crippen molar-refractivity contribution in [3.05, 3.63) is 47.3 Å². The Hall–Kier alpha value is -2.82. The van der Waals surface area contributed by atoms with Crippen molar-refractivity contribution >= 4 is 21.6 Å². The van der Waals surface area contributed by atoms with Gasteiger partial charge in [-0.25, -0.2) is 13.1 Å². The molecule has 0 bridgehead atoms. The Kier molecular flexibility index (Phi) is 6.26. The zero-order valence-corrected chi connectivity index (χ0v) is 17.4. The van der Waals surface area contributed by atoms with Gasteiger partial charge in [0, 0.05) is 10.6 Å². The lowest BCUT2D eigenvalue weighted by molar-refractivity contribution is 0.324. The second-order valence-corrected chi connectivity index (χ2v) is 7.91. The van der Waals surface area contributed by atoms with Gasteiger partial charge in [-0.05, 0) is 36.4 Å². The Balaban J connectivity index is 1.80. The molecule has 3 aromatic rings. The van der Waals surface area contributed by atoms with Crippen LogP contribution >= 0.6 is 11.6 Å². The minimum Gasteiger partial charge on any atom is -0.493 e. The van der Waals surface area contributed by atoms with E-state index in [0.29, 0.717) is 27.8 Å². The molecule has 0 spiro atoms. The second kappa shape index (κ2) is 8.68. The largest absolute Gasteiger partial charge is 0.493 e. The molecule has 0 saturated carbocycles. The molecule has 9 nitrogen and oxygen atoms in total. The standard InChI is InChI=1S/C18H18ClN3O6S/c1-25-14-8-11(9-15(26-2)17(14)27-3)18-21-16(28-22-18)10-20-29(23,24)13-6-4-12(19)5-7-13/h4-9,20H,10H2,1-3H3. The number of halogens is 1. The van der Waals surface area contributed by atoms with Gasteiger partial charge in [-0.3, -0.25) is 0 Å². The lowest BCUT2D eigenvalue weighted by atomic mass is 10.1. The quantitative estimate of drug-likeness (QED) is 0.570. The van der Waals surface area contributed by atoms with Crippen molar-refractivity contribution in [2.45, 2.75) is 11.4 Å². The summed E-state index contributed by atoms with van der Waals surface area (Å²) in [5.41, 5.74) is 0.551. The molecule has 0 unspecified atom stereocenters. The van der Waals surface area contributed by atoms with E-state index < -0.39 is 10.0 Å². The number of nitrogens with zero attached hydrogens (tertiary/aromatic N) is 2. The summed E-state index contributed by atoms with van der Waals surface area (Å²) in [5, 5.41) is 4.33. The molecule has 0 radical (unpaired) electrons. The fourth-order valence-electron chi connectivity index (χ4n) is 2.51. The van der Waals surface area contributed by atoms with Crippen molar-refractivity contribution < 1.29 is 27.2 Å². The molecule has 3 rings (SSSR count). The number of hydrogen-bond donors (Lipinski definition) is 1. The van der Waals surface area contributed by atoms with Crippen LogP contribution in [0.5, 0.6) is 17.2 Å². The maximum Gasteiger partial charge on any atom is 0.242 e. The van der Waals surface area contributed by atoms with Crippen LogP contribution in [0.15, 0.2) is 45.8 Å². The van der Waals surface area contributed by atoms with Gasteiger partial charge in [0.1, 0.15) is 0 Å². The van der Waals surface area contributed by atoms with E-state index in [2.05, 4.69) is 14.9 Å². The Bertz CT molecular complexity index is 1070. The van der Waals surface area contributed by atoms with Crippen LogP contribution in [-0.2, 0) is 16.6 Å². The van der Waals surface area contributed by atoms with E-state index in [4.69, 9.17) is 30.3 Å². The molecular formula is C18H18ClN3O6S. The lowest BCUT2D eigenvalue weighted by Crippen LogP contribution is -2.23. The molecule has 2 aromatic carbocycles. The van der Waals surface area contributed by atoms with Gasteiger partial charge in [-0.1, -0.05) is 16.8 Å². The summed E-state index contributed by atoms with van der Waals surface area (Å²) in [7, 11) is 0.734. The summed E-state index contributed by atoms with van der Waals surface area (Å²) in [6.45, 7) is -0.178. The predicted molar refractivity (Wildman–Crippen MR) is 105 cm³/mol. The van der Waals surface area contributed by atoms with E-state index >= 15 is 0 Å². The first-order chi connectivity index (χ1) is 13.9. The van der Waals surface area contributed by atoms with Gasteiger partial charge in [-0.2, -0.15) is 4.98 Å². The van der Waals surface area contributed by atoms with Crippen molar-refractivity contribution in [1.82, 2.24) is 14.9 Å². The van der Waals surface area contributed by atoms with Crippen LogP contribution < -0.4 is 18.9 Å². The number of hydrogen-bond acceptors (Lipinski definition) is 8. The average molecular weight is 440 g/mol. The van der Waals surface area contributed by atoms with E-state index in [-0.39, 0.29) is 23.2 Å². The molecule has 0 amide bonds. The molecule has 0 atom stereocenters. The molecule has 0 aliphatic carbocycles. The zero-order chi connectivity index (χ0) is 21.0. The maximum atomic E-state index is 12.3. The molecule has 1 aromatic heterocycles. The van der Waals surface area contributed by atoms with E-state index in [9.17, 15) is 8.42 Å². The van der Waals surface area contributed by atoms with E-state index in [1.165, 1.54) is 45.6 Å². The van der Waals surface area contributed by atoms with E-state index in [1.54, 1.807) is 12.1 Å². The summed E-state index contributed by atoms with van der Waals surface area (Å²) < 4.78 is 48.1. The van der Waals surface area contributed by atoms with Gasteiger partial charge in [0.05, 0.1) is 32.8 Å². The second-order valence-electron chi connectivity index (χ2n) is 5.70. The minimum absolute atomic E-state index is 0.0752. The fourth-order valence-corrected chi connectivity index (χ4v) is 3.61. The number of rotatable bonds is 8. The van der Waals surface area contributed by atoms with Crippen molar-refractivity contribution in [2.75, 3.05) is 21.3 Å². The summed E-state index contributed by atoms with van der Waals surface area (Å²) in [4.78, 5) is 4.30. The van der Waals surface area contributed by atoms with Gasteiger partial charge in [0.2, 0.25) is 27.5 Å². The number of methoxy groups -OCH3 is 3. The highest BCUT2D eigenvalue weighted by molar-refractivity contribution is 7.89. The number of ether oxygens (including phenoxy) is 3. The van der Waals surface area contributed by atoms with Crippen LogP contribution in [0.4, 0.5) is 0 Å². The summed E-state index contributed by atoms with van der Waals surface area (Å²) in [6, 6.07) is 9.11. The van der Waals surface area contributed by atoms with Crippen LogP contribution in [-0.4, -0.2) is 39.9 Å². The van der Waals surface area contributed by atoms with Gasteiger partial charge in [0.15, 0.2) is 11.5 Å². The summed E-state index contributed by atoms with van der Waals surface area (Å²) in [5.74, 6) is 1.61. The van der Waals surface area contributed by atoms with Crippen LogP contribution in [0.1, 0.15) is 5.89 Å².